The number of hydrogen-bond acceptors (Lipinski definition) is 5. The van der Waals surface area contributed by atoms with Gasteiger partial charge in [-0.25, -0.2) is 0 Å². The van der Waals surface area contributed by atoms with Gasteiger partial charge in [0.2, 0.25) is 0 Å². The van der Waals surface area contributed by atoms with Crippen LogP contribution in [-0.4, -0.2) is 20.6 Å². The highest BCUT2D eigenvalue weighted by molar-refractivity contribution is 5.91. The second-order valence-corrected chi connectivity index (χ2v) is 5.87. The van der Waals surface area contributed by atoms with Crippen molar-refractivity contribution in [2.45, 2.75) is 26.9 Å². The van der Waals surface area contributed by atoms with E-state index >= 15 is 0 Å². The molecule has 0 atom stereocenters. The molecule has 3 rings (SSSR count). The molecule has 0 saturated carbocycles. The monoisotopic (exact) mass is 354 g/mol. The maximum Gasteiger partial charge on any atom is 0.433 e. The van der Waals surface area contributed by atoms with E-state index < -0.39 is 16.7 Å². The Balaban J connectivity index is 1.69. The van der Waals surface area contributed by atoms with Gasteiger partial charge in [0.25, 0.3) is 5.91 Å². The molecular weight excluding hydrogens is 336 g/mol. The molecule has 0 fully saturated rings. The van der Waals surface area contributed by atoms with Gasteiger partial charge in [-0.05, 0) is 25.5 Å². The summed E-state index contributed by atoms with van der Waals surface area (Å²) in [5, 5.41) is 17.9. The van der Waals surface area contributed by atoms with E-state index in [4.69, 9.17) is 4.42 Å². The smallest absolute Gasteiger partial charge is 0.395 e. The van der Waals surface area contributed by atoms with E-state index in [0.717, 1.165) is 28.6 Å². The van der Waals surface area contributed by atoms with Crippen LogP contribution in [0.1, 0.15) is 33.1 Å². The summed E-state index contributed by atoms with van der Waals surface area (Å²) in [5.41, 5.74) is 3.83. The van der Waals surface area contributed by atoms with Gasteiger partial charge in [-0.15, -0.1) is 0 Å². The fourth-order valence-electron chi connectivity index (χ4n) is 2.70. The summed E-state index contributed by atoms with van der Waals surface area (Å²) in [6.07, 6.45) is 0. The number of rotatable bonds is 6. The van der Waals surface area contributed by atoms with Crippen LogP contribution in [0.15, 0.2) is 46.9 Å². The fourth-order valence-corrected chi connectivity index (χ4v) is 2.70. The summed E-state index contributed by atoms with van der Waals surface area (Å²) in [5.74, 6) is -1.06. The van der Waals surface area contributed by atoms with E-state index in [2.05, 4.69) is 10.4 Å². The number of nitrogens with zero attached hydrogens (tertiary/aromatic N) is 3. The highest BCUT2D eigenvalue weighted by Crippen LogP contribution is 2.17. The zero-order valence-electron chi connectivity index (χ0n) is 14.4. The largest absolute Gasteiger partial charge is 0.433 e. The summed E-state index contributed by atoms with van der Waals surface area (Å²) in [6, 6.07) is 12.4. The maximum atomic E-state index is 12.1. The van der Waals surface area contributed by atoms with Crippen LogP contribution in [0.3, 0.4) is 0 Å². The number of amides is 1. The van der Waals surface area contributed by atoms with E-state index in [1.165, 1.54) is 6.07 Å². The molecule has 0 aliphatic heterocycles. The van der Waals surface area contributed by atoms with Gasteiger partial charge in [0.15, 0.2) is 5.76 Å². The molecular formula is C18H18N4O4. The van der Waals surface area contributed by atoms with Gasteiger partial charge in [-0.3, -0.25) is 19.6 Å². The van der Waals surface area contributed by atoms with Crippen LogP contribution < -0.4 is 5.32 Å². The fraction of sp³-hybridized carbons (Fsp3) is 0.222. The molecule has 0 bridgehead atoms. The number of aromatic nitrogens is 2. The minimum atomic E-state index is -0.682. The molecule has 8 heteroatoms. The van der Waals surface area contributed by atoms with Crippen LogP contribution >= 0.6 is 0 Å². The summed E-state index contributed by atoms with van der Waals surface area (Å²) in [4.78, 5) is 22.1. The molecule has 26 heavy (non-hydrogen) atoms. The molecule has 134 valence electrons. The maximum absolute atomic E-state index is 12.1. The number of carbonyl (C=O) groups excluding carboxylic acids is 1. The Bertz CT molecular complexity index is 944. The standard InChI is InChI=1S/C18H18N4O4/c1-12-15(10-19-18(23)16-8-9-17(26-16)22(24)25)13(2)21(20-12)11-14-6-4-3-5-7-14/h3-9H,10-11H2,1-2H3,(H,19,23). The average Bonchev–Trinajstić information content (AvgIpc) is 3.21. The van der Waals surface area contributed by atoms with Crippen molar-refractivity contribution in [3.05, 3.63) is 80.9 Å². The SMILES string of the molecule is Cc1nn(Cc2ccccc2)c(C)c1CNC(=O)c1ccc([N+](=O)[O-])o1. The van der Waals surface area contributed by atoms with Crippen molar-refractivity contribution in [1.82, 2.24) is 15.1 Å². The molecule has 1 N–H and O–H groups in total. The Morgan fingerprint density at radius 3 is 2.62 bits per heavy atom. The lowest BCUT2D eigenvalue weighted by molar-refractivity contribution is -0.402. The molecule has 0 spiro atoms. The number of nitro groups is 1. The lowest BCUT2D eigenvalue weighted by Crippen LogP contribution is -2.23. The van der Waals surface area contributed by atoms with Crippen LogP contribution in [0.5, 0.6) is 0 Å². The molecule has 3 aromatic rings. The quantitative estimate of drug-likeness (QED) is 0.541. The summed E-state index contributed by atoms with van der Waals surface area (Å²) < 4.78 is 6.80. The zero-order valence-corrected chi connectivity index (χ0v) is 14.4. The average molecular weight is 354 g/mol. The van der Waals surface area contributed by atoms with Gasteiger partial charge >= 0.3 is 5.88 Å². The van der Waals surface area contributed by atoms with E-state index in [9.17, 15) is 14.9 Å². The van der Waals surface area contributed by atoms with Crippen molar-refractivity contribution in [2.24, 2.45) is 0 Å². The second-order valence-electron chi connectivity index (χ2n) is 5.87. The number of carbonyl (C=O) groups is 1. The van der Waals surface area contributed by atoms with Crippen LogP contribution in [0.25, 0.3) is 0 Å². The van der Waals surface area contributed by atoms with Crippen molar-refractivity contribution in [3.63, 3.8) is 0 Å². The first-order chi connectivity index (χ1) is 12.5. The Hall–Kier alpha value is -3.42. The topological polar surface area (TPSA) is 103 Å². The zero-order chi connectivity index (χ0) is 18.7. The highest BCUT2D eigenvalue weighted by atomic mass is 16.6. The second kappa shape index (κ2) is 7.22. The first-order valence-electron chi connectivity index (χ1n) is 8.05. The lowest BCUT2D eigenvalue weighted by atomic mass is 10.2. The number of furan rings is 1. The minimum Gasteiger partial charge on any atom is -0.395 e. The molecule has 1 amide bonds. The van der Waals surface area contributed by atoms with E-state index in [0.29, 0.717) is 6.54 Å². The van der Waals surface area contributed by atoms with Gasteiger partial charge in [0.05, 0.1) is 18.3 Å². The van der Waals surface area contributed by atoms with Crippen molar-refractivity contribution in [3.8, 4) is 0 Å². The summed E-state index contributed by atoms with van der Waals surface area (Å²) in [6.45, 7) is 4.74. The van der Waals surface area contributed by atoms with E-state index in [1.54, 1.807) is 0 Å². The highest BCUT2D eigenvalue weighted by Gasteiger charge is 2.18. The van der Waals surface area contributed by atoms with Crippen molar-refractivity contribution in [1.29, 1.82) is 0 Å². The van der Waals surface area contributed by atoms with Gasteiger partial charge in [-0.1, -0.05) is 30.3 Å². The molecule has 8 nitrogen and oxygen atoms in total. The first-order valence-corrected chi connectivity index (χ1v) is 8.05. The van der Waals surface area contributed by atoms with Gasteiger partial charge in [0.1, 0.15) is 4.92 Å². The van der Waals surface area contributed by atoms with E-state index in [1.807, 2.05) is 48.9 Å². The lowest BCUT2D eigenvalue weighted by Gasteiger charge is -2.06. The molecule has 2 aromatic heterocycles. The van der Waals surface area contributed by atoms with Crippen LogP contribution in [0, 0.1) is 24.0 Å². The predicted molar refractivity (Wildman–Crippen MR) is 93.8 cm³/mol. The number of aryl methyl sites for hydroxylation is 1. The first kappa shape index (κ1) is 17.4. The molecule has 2 heterocycles. The molecule has 1 aromatic carbocycles. The Labute approximate surface area is 149 Å². The Kier molecular flexibility index (Phi) is 4.83. The van der Waals surface area contributed by atoms with Crippen molar-refractivity contribution in [2.75, 3.05) is 0 Å². The minimum absolute atomic E-state index is 0.0938. The number of benzene rings is 1. The Morgan fingerprint density at radius 1 is 1.23 bits per heavy atom. The normalized spacial score (nSPS) is 10.7. The third-order valence-corrected chi connectivity index (χ3v) is 4.13. The van der Waals surface area contributed by atoms with Crippen LogP contribution in [-0.2, 0) is 13.1 Å². The van der Waals surface area contributed by atoms with Gasteiger partial charge < -0.3 is 9.73 Å². The third-order valence-electron chi connectivity index (χ3n) is 4.13. The van der Waals surface area contributed by atoms with Gasteiger partial charge in [0, 0.05) is 17.8 Å². The predicted octanol–water partition coefficient (Wildman–Crippen LogP) is 2.98. The van der Waals surface area contributed by atoms with E-state index in [-0.39, 0.29) is 12.3 Å². The molecule has 0 unspecified atom stereocenters. The van der Waals surface area contributed by atoms with Crippen molar-refractivity contribution >= 4 is 11.8 Å². The number of hydrogen-bond donors (Lipinski definition) is 1. The summed E-state index contributed by atoms with van der Waals surface area (Å²) in [7, 11) is 0. The summed E-state index contributed by atoms with van der Waals surface area (Å²) >= 11 is 0. The van der Waals surface area contributed by atoms with Crippen LogP contribution in [0.4, 0.5) is 5.88 Å². The number of nitrogens with one attached hydrogen (secondary N) is 1. The van der Waals surface area contributed by atoms with Crippen molar-refractivity contribution < 1.29 is 14.1 Å². The van der Waals surface area contributed by atoms with Gasteiger partial charge in [-0.2, -0.15) is 5.10 Å². The molecule has 0 aliphatic rings. The van der Waals surface area contributed by atoms with Crippen LogP contribution in [0.2, 0.25) is 0 Å². The molecule has 0 saturated heterocycles. The molecule has 0 radical (unpaired) electrons. The third kappa shape index (κ3) is 3.64. The molecule has 0 aliphatic carbocycles. The Morgan fingerprint density at radius 2 is 1.96 bits per heavy atom.